The Labute approximate surface area is 149 Å². The Hall–Kier alpha value is -1.83. The van der Waals surface area contributed by atoms with Crippen LogP contribution in [0.1, 0.15) is 10.4 Å². The van der Waals surface area contributed by atoms with Crippen LogP contribution in [0.5, 0.6) is 0 Å². The lowest BCUT2D eigenvalue weighted by molar-refractivity contribution is -0.133. The molecule has 130 valence electrons. The predicted octanol–water partition coefficient (Wildman–Crippen LogP) is 0.353. The zero-order valence-corrected chi connectivity index (χ0v) is 14.4. The van der Waals surface area contributed by atoms with Gasteiger partial charge in [0.2, 0.25) is 11.8 Å². The monoisotopic (exact) mass is 372 g/mol. The second-order valence-electron chi connectivity index (χ2n) is 5.26. The fourth-order valence-corrected chi connectivity index (χ4v) is 2.74. The lowest BCUT2D eigenvalue weighted by Gasteiger charge is -2.35. The molecule has 1 saturated heterocycles. The number of hydrogen-bond acceptors (Lipinski definition) is 4. The van der Waals surface area contributed by atoms with Gasteiger partial charge < -0.3 is 20.9 Å². The molecule has 0 spiro atoms. The minimum atomic E-state index is -0.382. The van der Waals surface area contributed by atoms with E-state index in [0.29, 0.717) is 36.8 Å². The molecule has 3 N–H and O–H groups in total. The average molecular weight is 373 g/mol. The van der Waals surface area contributed by atoms with Crippen LogP contribution in [0.25, 0.3) is 0 Å². The number of piperazine rings is 1. The van der Waals surface area contributed by atoms with Crippen molar-refractivity contribution in [3.8, 4) is 0 Å². The molecule has 0 atom stereocenters. The number of hydrogen-bond donors (Lipinski definition) is 2. The number of nitrogens with zero attached hydrogens (tertiary/aromatic N) is 2. The van der Waals surface area contributed by atoms with Crippen molar-refractivity contribution < 1.29 is 14.4 Å². The van der Waals surface area contributed by atoms with Crippen molar-refractivity contribution in [2.24, 2.45) is 5.73 Å². The smallest absolute Gasteiger partial charge is 0.255 e. The molecule has 0 aliphatic carbocycles. The molecular weight excluding hydrogens is 355 g/mol. The van der Waals surface area contributed by atoms with Gasteiger partial charge in [0.1, 0.15) is 0 Å². The third kappa shape index (κ3) is 4.37. The van der Waals surface area contributed by atoms with Crippen LogP contribution >= 0.6 is 23.2 Å². The molecule has 1 aliphatic heterocycles. The third-order valence-electron chi connectivity index (χ3n) is 3.72. The van der Waals surface area contributed by atoms with Crippen molar-refractivity contribution in [3.05, 3.63) is 33.8 Å². The van der Waals surface area contributed by atoms with E-state index in [9.17, 15) is 14.4 Å². The number of nitrogens with two attached hydrogens (primary N) is 1. The van der Waals surface area contributed by atoms with Crippen molar-refractivity contribution >= 4 is 40.9 Å². The summed E-state index contributed by atoms with van der Waals surface area (Å²) >= 11 is 12.0. The van der Waals surface area contributed by atoms with Crippen molar-refractivity contribution in [2.45, 2.75) is 0 Å². The molecule has 1 aliphatic rings. The van der Waals surface area contributed by atoms with Gasteiger partial charge in [0.25, 0.3) is 5.91 Å². The van der Waals surface area contributed by atoms with E-state index in [0.717, 1.165) is 0 Å². The summed E-state index contributed by atoms with van der Waals surface area (Å²) < 4.78 is 0. The lowest BCUT2D eigenvalue weighted by Crippen LogP contribution is -2.52. The maximum absolute atomic E-state index is 12.5. The molecule has 9 heteroatoms. The van der Waals surface area contributed by atoms with Crippen LogP contribution in [-0.4, -0.2) is 66.8 Å². The topological polar surface area (TPSA) is 95.7 Å². The third-order valence-corrected chi connectivity index (χ3v) is 4.54. The Morgan fingerprint density at radius 2 is 1.71 bits per heavy atom. The van der Waals surface area contributed by atoms with E-state index in [2.05, 4.69) is 5.32 Å². The molecule has 1 fully saturated rings. The molecule has 0 radical (unpaired) electrons. The summed E-state index contributed by atoms with van der Waals surface area (Å²) in [7, 11) is 0. The van der Waals surface area contributed by atoms with Gasteiger partial charge in [-0.3, -0.25) is 14.4 Å². The first kappa shape index (κ1) is 18.5. The number of carbonyl (C=O) groups excluding carboxylic acids is 3. The molecular formula is C15H18Cl2N4O3. The van der Waals surface area contributed by atoms with Gasteiger partial charge in [-0.2, -0.15) is 0 Å². The van der Waals surface area contributed by atoms with Gasteiger partial charge in [-0.25, -0.2) is 0 Å². The second kappa shape index (κ2) is 8.32. The van der Waals surface area contributed by atoms with Crippen LogP contribution in [0.15, 0.2) is 18.2 Å². The second-order valence-corrected chi connectivity index (χ2v) is 6.04. The standard InChI is InChI=1S/C15H18Cl2N4O3/c16-11-3-1-2-10(14(11)17)15(24)21-6-4-20(5-7-21)13(23)9-19-12(22)8-18/h1-3H,4-9,18H2,(H,19,22). The van der Waals surface area contributed by atoms with Crippen LogP contribution in [-0.2, 0) is 9.59 Å². The molecule has 1 aromatic carbocycles. The van der Waals surface area contributed by atoms with E-state index in [4.69, 9.17) is 28.9 Å². The fraction of sp³-hybridized carbons (Fsp3) is 0.400. The van der Waals surface area contributed by atoms with Gasteiger partial charge in [0.15, 0.2) is 0 Å². The minimum Gasteiger partial charge on any atom is -0.346 e. The number of amides is 3. The number of rotatable bonds is 4. The number of carbonyl (C=O) groups is 3. The summed E-state index contributed by atoms with van der Waals surface area (Å²) in [4.78, 5) is 38.8. The van der Waals surface area contributed by atoms with Gasteiger partial charge in [-0.15, -0.1) is 0 Å². The normalized spacial score (nSPS) is 14.5. The quantitative estimate of drug-likeness (QED) is 0.796. The lowest BCUT2D eigenvalue weighted by atomic mass is 10.1. The van der Waals surface area contributed by atoms with E-state index in [1.165, 1.54) is 0 Å². The van der Waals surface area contributed by atoms with Crippen molar-refractivity contribution in [1.29, 1.82) is 0 Å². The summed E-state index contributed by atoms with van der Waals surface area (Å²) in [5.74, 6) is -0.802. The number of halogens is 2. The predicted molar refractivity (Wildman–Crippen MR) is 91.0 cm³/mol. The summed E-state index contributed by atoms with van der Waals surface area (Å²) in [5.41, 5.74) is 5.51. The van der Waals surface area contributed by atoms with E-state index in [-0.39, 0.29) is 35.8 Å². The molecule has 7 nitrogen and oxygen atoms in total. The van der Waals surface area contributed by atoms with Crippen LogP contribution in [0.2, 0.25) is 10.0 Å². The summed E-state index contributed by atoms with van der Waals surface area (Å²) in [6.45, 7) is 1.30. The summed E-state index contributed by atoms with van der Waals surface area (Å²) in [6, 6.07) is 4.91. The zero-order chi connectivity index (χ0) is 17.7. The molecule has 24 heavy (non-hydrogen) atoms. The maximum atomic E-state index is 12.5. The summed E-state index contributed by atoms with van der Waals surface area (Å²) in [5, 5.41) is 2.99. The first-order valence-corrected chi connectivity index (χ1v) is 8.17. The highest BCUT2D eigenvalue weighted by atomic mass is 35.5. The Bertz CT molecular complexity index is 646. The van der Waals surface area contributed by atoms with Crippen molar-refractivity contribution in [2.75, 3.05) is 39.3 Å². The largest absolute Gasteiger partial charge is 0.346 e. The van der Waals surface area contributed by atoms with Crippen molar-refractivity contribution in [1.82, 2.24) is 15.1 Å². The van der Waals surface area contributed by atoms with Crippen LogP contribution < -0.4 is 11.1 Å². The average Bonchev–Trinajstić information content (AvgIpc) is 2.61. The fourth-order valence-electron chi connectivity index (χ4n) is 2.36. The van der Waals surface area contributed by atoms with Crippen LogP contribution in [0.4, 0.5) is 0 Å². The van der Waals surface area contributed by atoms with E-state index in [1.54, 1.807) is 28.0 Å². The molecule has 1 heterocycles. The molecule has 0 aromatic heterocycles. The number of nitrogens with one attached hydrogen (secondary N) is 1. The molecule has 0 saturated carbocycles. The van der Waals surface area contributed by atoms with Gasteiger partial charge in [-0.05, 0) is 12.1 Å². The molecule has 3 amide bonds. The first-order chi connectivity index (χ1) is 11.4. The molecule has 1 aromatic rings. The summed E-state index contributed by atoms with van der Waals surface area (Å²) in [6.07, 6.45) is 0. The highest BCUT2D eigenvalue weighted by Gasteiger charge is 2.26. The molecule has 0 bridgehead atoms. The number of benzene rings is 1. The molecule has 2 rings (SSSR count). The van der Waals surface area contributed by atoms with Crippen LogP contribution in [0.3, 0.4) is 0 Å². The Balaban J connectivity index is 1.90. The van der Waals surface area contributed by atoms with Crippen LogP contribution in [0, 0.1) is 0 Å². The minimum absolute atomic E-state index is 0.0932. The molecule has 0 unspecified atom stereocenters. The van der Waals surface area contributed by atoms with Gasteiger partial charge in [0, 0.05) is 26.2 Å². The first-order valence-electron chi connectivity index (χ1n) is 7.42. The van der Waals surface area contributed by atoms with Gasteiger partial charge >= 0.3 is 0 Å². The van der Waals surface area contributed by atoms with E-state index in [1.807, 2.05) is 0 Å². The Kier molecular flexibility index (Phi) is 6.42. The zero-order valence-electron chi connectivity index (χ0n) is 12.9. The van der Waals surface area contributed by atoms with Crippen molar-refractivity contribution in [3.63, 3.8) is 0 Å². The SMILES string of the molecule is NCC(=O)NCC(=O)N1CCN(C(=O)c2cccc(Cl)c2Cl)CC1. The van der Waals surface area contributed by atoms with Gasteiger partial charge in [-0.1, -0.05) is 29.3 Å². The van der Waals surface area contributed by atoms with E-state index >= 15 is 0 Å². The van der Waals surface area contributed by atoms with E-state index < -0.39 is 0 Å². The highest BCUT2D eigenvalue weighted by Crippen LogP contribution is 2.26. The Morgan fingerprint density at radius 3 is 2.33 bits per heavy atom. The van der Waals surface area contributed by atoms with Gasteiger partial charge in [0.05, 0.1) is 28.7 Å². The highest BCUT2D eigenvalue weighted by molar-refractivity contribution is 6.43. The maximum Gasteiger partial charge on any atom is 0.255 e. The Morgan fingerprint density at radius 1 is 1.08 bits per heavy atom.